The second-order valence-electron chi connectivity index (χ2n) is 4.61. The highest BCUT2D eigenvalue weighted by Crippen LogP contribution is 2.20. The molecule has 2 aromatic carbocycles. The Morgan fingerprint density at radius 3 is 1.83 bits per heavy atom. The Kier molecular flexibility index (Phi) is 11.0. The zero-order valence-electron chi connectivity index (χ0n) is 16.1. The minimum atomic E-state index is -0.0159. The Bertz CT molecular complexity index is 574. The quantitative estimate of drug-likeness (QED) is 0.732. The van der Waals surface area contributed by atoms with Crippen molar-refractivity contribution < 1.29 is 9.53 Å². The number of methoxy groups -OCH3 is 1. The molecule has 0 radical (unpaired) electrons. The van der Waals surface area contributed by atoms with Crippen LogP contribution in [-0.4, -0.2) is 20.1 Å². The molecule has 2 aromatic rings. The summed E-state index contributed by atoms with van der Waals surface area (Å²) in [6.07, 6.45) is 0.975. The van der Waals surface area contributed by atoms with Gasteiger partial charge in [0, 0.05) is 18.3 Å². The van der Waals surface area contributed by atoms with Crippen molar-refractivity contribution >= 4 is 11.6 Å². The molecular weight excluding hydrogens is 298 g/mol. The number of amides is 1. The van der Waals surface area contributed by atoms with E-state index in [-0.39, 0.29) is 5.91 Å². The lowest BCUT2D eigenvalue weighted by Crippen LogP contribution is -2.26. The van der Waals surface area contributed by atoms with Gasteiger partial charge in [-0.05, 0) is 48.4 Å². The first-order chi connectivity index (χ1) is 11.7. The molecule has 3 nitrogen and oxygen atoms in total. The van der Waals surface area contributed by atoms with Gasteiger partial charge in [-0.2, -0.15) is 0 Å². The summed E-state index contributed by atoms with van der Waals surface area (Å²) in [5.41, 5.74) is 2.77. The molecule has 0 spiro atoms. The van der Waals surface area contributed by atoms with Crippen LogP contribution in [0.25, 0.3) is 0 Å². The SMILES string of the molecule is CC.CC.CCc1ccc(C(=O)N(C)c2ccc(OC)cc2)cc1. The van der Waals surface area contributed by atoms with Crippen LogP contribution < -0.4 is 9.64 Å². The molecule has 0 aromatic heterocycles. The Labute approximate surface area is 147 Å². The average molecular weight is 329 g/mol. The summed E-state index contributed by atoms with van der Waals surface area (Å²) in [6, 6.07) is 15.2. The van der Waals surface area contributed by atoms with Gasteiger partial charge in [0.1, 0.15) is 5.75 Å². The second-order valence-corrected chi connectivity index (χ2v) is 4.61. The summed E-state index contributed by atoms with van der Waals surface area (Å²) >= 11 is 0. The predicted molar refractivity (Wildman–Crippen MR) is 104 cm³/mol. The first-order valence-corrected chi connectivity index (χ1v) is 8.66. The number of hydrogen-bond acceptors (Lipinski definition) is 2. The predicted octanol–water partition coefficient (Wildman–Crippen LogP) is 5.59. The van der Waals surface area contributed by atoms with Gasteiger partial charge >= 0.3 is 0 Å². The van der Waals surface area contributed by atoms with E-state index >= 15 is 0 Å². The van der Waals surface area contributed by atoms with E-state index in [1.165, 1.54) is 5.56 Å². The normalized spacial score (nSPS) is 8.96. The van der Waals surface area contributed by atoms with Crippen molar-refractivity contribution in [2.75, 3.05) is 19.1 Å². The number of nitrogens with zero attached hydrogens (tertiary/aromatic N) is 1. The topological polar surface area (TPSA) is 29.5 Å². The van der Waals surface area contributed by atoms with E-state index in [9.17, 15) is 4.79 Å². The molecule has 3 heteroatoms. The standard InChI is InChI=1S/C17H19NO2.2C2H6/c1-4-13-5-7-14(8-6-13)17(19)18(2)15-9-11-16(20-3)12-10-15;2*1-2/h5-12H,4H2,1-3H3;2*1-2H3. The molecule has 0 saturated heterocycles. The first-order valence-electron chi connectivity index (χ1n) is 8.66. The minimum Gasteiger partial charge on any atom is -0.497 e. The molecule has 0 N–H and O–H groups in total. The average Bonchev–Trinajstić information content (AvgIpc) is 2.70. The summed E-state index contributed by atoms with van der Waals surface area (Å²) in [4.78, 5) is 14.0. The van der Waals surface area contributed by atoms with Gasteiger partial charge in [0.05, 0.1) is 7.11 Å². The fourth-order valence-electron chi connectivity index (χ4n) is 2.00. The lowest BCUT2D eigenvalue weighted by atomic mass is 10.1. The highest BCUT2D eigenvalue weighted by Gasteiger charge is 2.13. The maximum Gasteiger partial charge on any atom is 0.258 e. The molecule has 0 saturated carbocycles. The maximum atomic E-state index is 12.4. The van der Waals surface area contributed by atoms with Crippen molar-refractivity contribution in [3.8, 4) is 5.75 Å². The Morgan fingerprint density at radius 2 is 1.42 bits per heavy atom. The van der Waals surface area contributed by atoms with Crippen LogP contribution in [0.5, 0.6) is 5.75 Å². The fourth-order valence-corrected chi connectivity index (χ4v) is 2.00. The van der Waals surface area contributed by atoms with Crippen molar-refractivity contribution in [2.24, 2.45) is 0 Å². The van der Waals surface area contributed by atoms with E-state index in [4.69, 9.17) is 4.74 Å². The van der Waals surface area contributed by atoms with Gasteiger partial charge in [0.15, 0.2) is 0 Å². The summed E-state index contributed by atoms with van der Waals surface area (Å²) in [5.74, 6) is 0.764. The number of rotatable bonds is 4. The van der Waals surface area contributed by atoms with E-state index in [0.717, 1.165) is 17.9 Å². The second kappa shape index (κ2) is 12.2. The first kappa shape index (κ1) is 21.7. The van der Waals surface area contributed by atoms with E-state index in [1.54, 1.807) is 19.1 Å². The van der Waals surface area contributed by atoms with Crippen molar-refractivity contribution in [3.63, 3.8) is 0 Å². The number of benzene rings is 2. The van der Waals surface area contributed by atoms with E-state index < -0.39 is 0 Å². The molecule has 0 bridgehead atoms. The zero-order valence-corrected chi connectivity index (χ0v) is 16.1. The maximum absolute atomic E-state index is 12.4. The number of carbonyl (C=O) groups is 1. The smallest absolute Gasteiger partial charge is 0.258 e. The number of ether oxygens (including phenoxy) is 1. The van der Waals surface area contributed by atoms with Gasteiger partial charge in [0.2, 0.25) is 0 Å². The van der Waals surface area contributed by atoms with Gasteiger partial charge in [-0.1, -0.05) is 46.8 Å². The van der Waals surface area contributed by atoms with Crippen LogP contribution >= 0.6 is 0 Å². The van der Waals surface area contributed by atoms with E-state index in [0.29, 0.717) is 5.56 Å². The largest absolute Gasteiger partial charge is 0.497 e. The van der Waals surface area contributed by atoms with Crippen molar-refractivity contribution in [3.05, 3.63) is 59.7 Å². The molecule has 132 valence electrons. The lowest BCUT2D eigenvalue weighted by molar-refractivity contribution is 0.0993. The summed E-state index contributed by atoms with van der Waals surface area (Å²) in [5, 5.41) is 0. The summed E-state index contributed by atoms with van der Waals surface area (Å²) in [6.45, 7) is 10.1. The Morgan fingerprint density at radius 1 is 0.917 bits per heavy atom. The third-order valence-corrected chi connectivity index (χ3v) is 3.37. The molecule has 0 aliphatic heterocycles. The van der Waals surface area contributed by atoms with E-state index in [1.807, 2.05) is 76.2 Å². The van der Waals surface area contributed by atoms with Gasteiger partial charge in [-0.3, -0.25) is 4.79 Å². The van der Waals surface area contributed by atoms with Crippen LogP contribution in [0.4, 0.5) is 5.69 Å². The van der Waals surface area contributed by atoms with Gasteiger partial charge in [-0.15, -0.1) is 0 Å². The molecule has 0 heterocycles. The minimum absolute atomic E-state index is 0.0159. The molecule has 0 aliphatic carbocycles. The highest BCUT2D eigenvalue weighted by molar-refractivity contribution is 6.05. The Balaban J connectivity index is 0.00000123. The molecule has 0 fully saturated rings. The Hall–Kier alpha value is -2.29. The van der Waals surface area contributed by atoms with Crippen LogP contribution in [0.2, 0.25) is 0 Å². The van der Waals surface area contributed by atoms with Crippen molar-refractivity contribution in [2.45, 2.75) is 41.0 Å². The van der Waals surface area contributed by atoms with Crippen LogP contribution in [0.3, 0.4) is 0 Å². The number of carbonyl (C=O) groups excluding carboxylic acids is 1. The number of aryl methyl sites for hydroxylation is 1. The zero-order chi connectivity index (χ0) is 18.5. The molecule has 0 aliphatic rings. The number of anilines is 1. The van der Waals surface area contributed by atoms with Gasteiger partial charge < -0.3 is 9.64 Å². The summed E-state index contributed by atoms with van der Waals surface area (Å²) in [7, 11) is 3.40. The lowest BCUT2D eigenvalue weighted by Gasteiger charge is -2.18. The molecule has 0 atom stereocenters. The highest BCUT2D eigenvalue weighted by atomic mass is 16.5. The fraction of sp³-hybridized carbons (Fsp3) is 0.381. The third-order valence-electron chi connectivity index (χ3n) is 3.37. The third kappa shape index (κ3) is 6.07. The molecule has 1 amide bonds. The monoisotopic (exact) mass is 329 g/mol. The number of hydrogen-bond donors (Lipinski definition) is 0. The van der Waals surface area contributed by atoms with Crippen molar-refractivity contribution in [1.82, 2.24) is 0 Å². The van der Waals surface area contributed by atoms with Crippen molar-refractivity contribution in [1.29, 1.82) is 0 Å². The van der Waals surface area contributed by atoms with Crippen LogP contribution in [0.15, 0.2) is 48.5 Å². The molecule has 24 heavy (non-hydrogen) atoms. The molecule has 0 unspecified atom stereocenters. The van der Waals surface area contributed by atoms with Crippen LogP contribution in [-0.2, 0) is 6.42 Å². The summed E-state index contributed by atoms with van der Waals surface area (Å²) < 4.78 is 5.12. The van der Waals surface area contributed by atoms with Gasteiger partial charge in [-0.25, -0.2) is 0 Å². The molecule has 2 rings (SSSR count). The van der Waals surface area contributed by atoms with Gasteiger partial charge in [0.25, 0.3) is 5.91 Å². The van der Waals surface area contributed by atoms with Crippen LogP contribution in [0, 0.1) is 0 Å². The van der Waals surface area contributed by atoms with E-state index in [2.05, 4.69) is 6.92 Å². The molecular formula is C21H31NO2. The van der Waals surface area contributed by atoms with Crippen LogP contribution in [0.1, 0.15) is 50.5 Å².